The number of fused-ring (bicyclic) bond motifs is 4. The van der Waals surface area contributed by atoms with E-state index in [1.54, 1.807) is 0 Å². The van der Waals surface area contributed by atoms with Gasteiger partial charge in [-0.3, -0.25) is 0 Å². The van der Waals surface area contributed by atoms with Gasteiger partial charge in [0.1, 0.15) is 0 Å². The largest absolute Gasteiger partial charge is 0.310 e. The van der Waals surface area contributed by atoms with Crippen LogP contribution >= 0.6 is 0 Å². The van der Waals surface area contributed by atoms with Crippen molar-refractivity contribution in [3.05, 3.63) is 223 Å². The SMILES string of the molecule is CC1(C)c2ccccc2-c2ccc(N(c3ccc(-c4ccccc4)cc3)c3ccc(-c4ccc(-c5ccc6ccccc6c5)cc4)c(-c4ccccc4)c3)cc21. The molecule has 1 nitrogen and oxygen atoms in total. The third kappa shape index (κ3) is 5.90. The van der Waals surface area contributed by atoms with Crippen molar-refractivity contribution in [2.24, 2.45) is 0 Å². The summed E-state index contributed by atoms with van der Waals surface area (Å²) in [6.07, 6.45) is 0. The molecule has 1 heteroatoms. The average molecular weight is 716 g/mol. The zero-order valence-electron chi connectivity index (χ0n) is 31.7. The summed E-state index contributed by atoms with van der Waals surface area (Å²) in [5, 5.41) is 2.52. The van der Waals surface area contributed by atoms with Crippen molar-refractivity contribution < 1.29 is 0 Å². The Morgan fingerprint density at radius 3 is 1.52 bits per heavy atom. The lowest BCUT2D eigenvalue weighted by molar-refractivity contribution is 0.660. The van der Waals surface area contributed by atoms with Gasteiger partial charge in [0.05, 0.1) is 0 Å². The fraction of sp³-hybridized carbons (Fsp3) is 0.0545. The van der Waals surface area contributed by atoms with E-state index in [9.17, 15) is 0 Å². The Bertz CT molecular complexity index is 2850. The van der Waals surface area contributed by atoms with Crippen LogP contribution in [0.15, 0.2) is 212 Å². The first kappa shape index (κ1) is 33.6. The second kappa shape index (κ2) is 13.7. The summed E-state index contributed by atoms with van der Waals surface area (Å²) in [5.41, 5.74) is 18.3. The van der Waals surface area contributed by atoms with Gasteiger partial charge < -0.3 is 4.90 Å². The molecule has 0 atom stereocenters. The van der Waals surface area contributed by atoms with Gasteiger partial charge in [-0.2, -0.15) is 0 Å². The van der Waals surface area contributed by atoms with Crippen LogP contribution in [0.25, 0.3) is 66.4 Å². The maximum Gasteiger partial charge on any atom is 0.0468 e. The van der Waals surface area contributed by atoms with Crippen LogP contribution in [0.2, 0.25) is 0 Å². The number of benzene rings is 9. The van der Waals surface area contributed by atoms with E-state index in [1.807, 2.05) is 0 Å². The highest BCUT2D eigenvalue weighted by Gasteiger charge is 2.35. The Morgan fingerprint density at radius 1 is 0.286 bits per heavy atom. The van der Waals surface area contributed by atoms with Crippen LogP contribution in [0.1, 0.15) is 25.0 Å². The molecule has 0 N–H and O–H groups in total. The van der Waals surface area contributed by atoms with Crippen molar-refractivity contribution in [2.75, 3.05) is 4.90 Å². The number of rotatable bonds is 7. The van der Waals surface area contributed by atoms with Crippen LogP contribution in [0.5, 0.6) is 0 Å². The van der Waals surface area contributed by atoms with Gasteiger partial charge in [-0.05, 0) is 120 Å². The minimum Gasteiger partial charge on any atom is -0.310 e. The maximum atomic E-state index is 2.42. The number of hydrogen-bond acceptors (Lipinski definition) is 1. The second-order valence-electron chi connectivity index (χ2n) is 15.4. The average Bonchev–Trinajstić information content (AvgIpc) is 3.49. The summed E-state index contributed by atoms with van der Waals surface area (Å²) in [4.78, 5) is 2.42. The zero-order valence-corrected chi connectivity index (χ0v) is 31.7. The van der Waals surface area contributed by atoms with Gasteiger partial charge >= 0.3 is 0 Å². The molecule has 0 saturated heterocycles. The molecule has 0 fully saturated rings. The maximum absolute atomic E-state index is 2.42. The van der Waals surface area contributed by atoms with Gasteiger partial charge in [-0.1, -0.05) is 184 Å². The predicted molar refractivity (Wildman–Crippen MR) is 238 cm³/mol. The molecule has 0 unspecified atom stereocenters. The summed E-state index contributed by atoms with van der Waals surface area (Å²) in [5.74, 6) is 0. The van der Waals surface area contributed by atoms with E-state index in [2.05, 4.69) is 231 Å². The van der Waals surface area contributed by atoms with Crippen LogP contribution in [-0.4, -0.2) is 0 Å². The van der Waals surface area contributed by atoms with Gasteiger partial charge in [0.2, 0.25) is 0 Å². The van der Waals surface area contributed by atoms with E-state index in [0.29, 0.717) is 0 Å². The normalized spacial score (nSPS) is 12.6. The Hall–Kier alpha value is -6.96. The summed E-state index contributed by atoms with van der Waals surface area (Å²) in [7, 11) is 0. The van der Waals surface area contributed by atoms with Gasteiger partial charge in [-0.25, -0.2) is 0 Å². The lowest BCUT2D eigenvalue weighted by Crippen LogP contribution is -2.16. The highest BCUT2D eigenvalue weighted by Crippen LogP contribution is 2.51. The summed E-state index contributed by atoms with van der Waals surface area (Å²) in [6, 6.07) is 77.7. The van der Waals surface area contributed by atoms with Gasteiger partial charge in [-0.15, -0.1) is 0 Å². The van der Waals surface area contributed by atoms with E-state index in [1.165, 1.54) is 77.5 Å². The molecule has 0 bridgehead atoms. The minimum atomic E-state index is -0.108. The minimum absolute atomic E-state index is 0.108. The topological polar surface area (TPSA) is 3.24 Å². The number of nitrogens with zero attached hydrogens (tertiary/aromatic N) is 1. The summed E-state index contributed by atoms with van der Waals surface area (Å²) >= 11 is 0. The molecule has 1 aliphatic carbocycles. The van der Waals surface area contributed by atoms with Crippen molar-refractivity contribution in [1.29, 1.82) is 0 Å². The Balaban J connectivity index is 1.10. The smallest absolute Gasteiger partial charge is 0.0468 e. The quantitative estimate of drug-likeness (QED) is 0.159. The second-order valence-corrected chi connectivity index (χ2v) is 15.4. The molecule has 0 amide bonds. The Morgan fingerprint density at radius 2 is 0.768 bits per heavy atom. The van der Waals surface area contributed by atoms with Crippen molar-refractivity contribution in [3.63, 3.8) is 0 Å². The molecule has 0 radical (unpaired) electrons. The lowest BCUT2D eigenvalue weighted by Gasteiger charge is -2.29. The fourth-order valence-electron chi connectivity index (χ4n) is 8.70. The van der Waals surface area contributed by atoms with E-state index in [4.69, 9.17) is 0 Å². The molecule has 0 aromatic heterocycles. The highest BCUT2D eigenvalue weighted by molar-refractivity contribution is 5.92. The van der Waals surface area contributed by atoms with E-state index in [0.717, 1.165) is 17.1 Å². The van der Waals surface area contributed by atoms with E-state index >= 15 is 0 Å². The van der Waals surface area contributed by atoms with Crippen molar-refractivity contribution in [2.45, 2.75) is 19.3 Å². The lowest BCUT2D eigenvalue weighted by atomic mass is 9.82. The van der Waals surface area contributed by atoms with E-state index < -0.39 is 0 Å². The van der Waals surface area contributed by atoms with E-state index in [-0.39, 0.29) is 5.41 Å². The first-order valence-electron chi connectivity index (χ1n) is 19.5. The van der Waals surface area contributed by atoms with Crippen molar-refractivity contribution in [1.82, 2.24) is 0 Å². The summed E-state index contributed by atoms with van der Waals surface area (Å²) in [6.45, 7) is 4.71. The highest BCUT2D eigenvalue weighted by atomic mass is 15.1. The predicted octanol–water partition coefficient (Wildman–Crippen LogP) is 15.3. The van der Waals surface area contributed by atoms with Crippen LogP contribution in [0, 0.1) is 0 Å². The van der Waals surface area contributed by atoms with Gasteiger partial charge in [0, 0.05) is 22.5 Å². The summed E-state index contributed by atoms with van der Waals surface area (Å²) < 4.78 is 0. The molecule has 0 aliphatic heterocycles. The first-order valence-corrected chi connectivity index (χ1v) is 19.5. The van der Waals surface area contributed by atoms with Crippen molar-refractivity contribution in [3.8, 4) is 55.6 Å². The number of hydrogen-bond donors (Lipinski definition) is 0. The molecule has 10 rings (SSSR count). The molecule has 0 saturated carbocycles. The Kier molecular flexibility index (Phi) is 8.23. The van der Waals surface area contributed by atoms with Gasteiger partial charge in [0.15, 0.2) is 0 Å². The fourth-order valence-corrected chi connectivity index (χ4v) is 8.70. The monoisotopic (exact) mass is 715 g/mol. The molecular formula is C55H41N. The van der Waals surface area contributed by atoms with Crippen LogP contribution in [-0.2, 0) is 5.41 Å². The molecule has 1 aliphatic rings. The number of anilines is 3. The molecule has 56 heavy (non-hydrogen) atoms. The molecular weight excluding hydrogens is 675 g/mol. The Labute approximate surface area is 329 Å². The molecule has 0 heterocycles. The molecule has 9 aromatic carbocycles. The van der Waals surface area contributed by atoms with Crippen LogP contribution in [0.4, 0.5) is 17.1 Å². The molecule has 0 spiro atoms. The first-order chi connectivity index (χ1) is 27.5. The van der Waals surface area contributed by atoms with Crippen molar-refractivity contribution >= 4 is 27.8 Å². The van der Waals surface area contributed by atoms with Crippen LogP contribution < -0.4 is 4.90 Å². The van der Waals surface area contributed by atoms with Crippen LogP contribution in [0.3, 0.4) is 0 Å². The van der Waals surface area contributed by atoms with Gasteiger partial charge in [0.25, 0.3) is 0 Å². The standard InChI is InChI=1S/C55H41N/c1-55(2)53-20-12-11-19-50(53)51-34-32-48(37-54(51)55)56(46-29-27-40(28-30-46)38-13-5-3-6-14-38)47-31-33-49(52(36-47)42-16-7-4-8-17-42)43-24-21-41(22-25-43)45-26-23-39-15-9-10-18-44(39)35-45/h3-37H,1-2H3. The third-order valence-electron chi connectivity index (χ3n) is 11.7. The third-order valence-corrected chi connectivity index (χ3v) is 11.7. The zero-order chi connectivity index (χ0) is 37.6. The molecule has 9 aromatic rings. The molecule has 266 valence electrons.